The molecule has 1 aromatic carbocycles. The van der Waals surface area contributed by atoms with Gasteiger partial charge in [-0.05, 0) is 31.5 Å². The molecule has 0 heterocycles. The third-order valence-electron chi connectivity index (χ3n) is 2.34. The largest absolute Gasteiger partial charge is 0.330 e. The summed E-state index contributed by atoms with van der Waals surface area (Å²) < 4.78 is 0. The van der Waals surface area contributed by atoms with E-state index in [0.29, 0.717) is 16.6 Å². The van der Waals surface area contributed by atoms with Crippen molar-refractivity contribution in [3.63, 3.8) is 0 Å². The van der Waals surface area contributed by atoms with E-state index in [2.05, 4.69) is 0 Å². The molecule has 0 aliphatic heterocycles. The van der Waals surface area contributed by atoms with Gasteiger partial charge in [-0.15, -0.1) is 0 Å². The molecule has 4 N–H and O–H groups in total. The molecule has 0 saturated carbocycles. The van der Waals surface area contributed by atoms with E-state index in [1.165, 1.54) is 0 Å². The van der Waals surface area contributed by atoms with E-state index < -0.39 is 0 Å². The molecule has 4 heteroatoms. The molecular weight excluding hydrogens is 231 g/mol. The minimum atomic E-state index is -0.0993. The zero-order valence-electron chi connectivity index (χ0n) is 8.55. The molecule has 0 amide bonds. The van der Waals surface area contributed by atoms with Crippen LogP contribution < -0.4 is 11.5 Å². The second kappa shape index (κ2) is 6.33. The van der Waals surface area contributed by atoms with E-state index in [0.717, 1.165) is 24.8 Å². The zero-order chi connectivity index (χ0) is 11.3. The predicted octanol–water partition coefficient (Wildman–Crippen LogP) is 3.12. The maximum absolute atomic E-state index is 6.05. The smallest absolute Gasteiger partial charge is 0.0468 e. The van der Waals surface area contributed by atoms with E-state index in [1.807, 2.05) is 18.2 Å². The summed E-state index contributed by atoms with van der Waals surface area (Å²) in [7, 11) is 0. The van der Waals surface area contributed by atoms with Crippen LogP contribution in [0, 0.1) is 0 Å². The van der Waals surface area contributed by atoms with Gasteiger partial charge in [0.25, 0.3) is 0 Å². The molecule has 0 unspecified atom stereocenters. The average Bonchev–Trinajstić information content (AvgIpc) is 2.18. The SMILES string of the molecule is NCCCC[C@@H](N)c1c(Cl)cccc1Cl. The highest BCUT2D eigenvalue weighted by molar-refractivity contribution is 6.36. The normalized spacial score (nSPS) is 12.8. The molecule has 1 rings (SSSR count). The number of rotatable bonds is 5. The van der Waals surface area contributed by atoms with E-state index >= 15 is 0 Å². The zero-order valence-corrected chi connectivity index (χ0v) is 10.1. The first kappa shape index (κ1) is 12.8. The summed E-state index contributed by atoms with van der Waals surface area (Å²) in [6, 6.07) is 5.34. The van der Waals surface area contributed by atoms with Crippen LogP contribution in [0.5, 0.6) is 0 Å². The Hall–Kier alpha value is -0.280. The minimum Gasteiger partial charge on any atom is -0.330 e. The Bertz CT molecular complexity index is 295. The lowest BCUT2D eigenvalue weighted by Crippen LogP contribution is -2.12. The van der Waals surface area contributed by atoms with Crippen LogP contribution in [-0.4, -0.2) is 6.54 Å². The van der Waals surface area contributed by atoms with Gasteiger partial charge in [0.1, 0.15) is 0 Å². The van der Waals surface area contributed by atoms with Crippen LogP contribution in [-0.2, 0) is 0 Å². The molecule has 0 fully saturated rings. The van der Waals surface area contributed by atoms with Gasteiger partial charge in [-0.25, -0.2) is 0 Å². The maximum atomic E-state index is 6.05. The minimum absolute atomic E-state index is 0.0993. The van der Waals surface area contributed by atoms with Crippen molar-refractivity contribution in [2.45, 2.75) is 25.3 Å². The number of hydrogen-bond donors (Lipinski definition) is 2. The molecule has 0 saturated heterocycles. The second-order valence-corrected chi connectivity index (χ2v) is 4.34. The van der Waals surface area contributed by atoms with Crippen molar-refractivity contribution in [2.75, 3.05) is 6.54 Å². The van der Waals surface area contributed by atoms with Gasteiger partial charge >= 0.3 is 0 Å². The van der Waals surface area contributed by atoms with Crippen LogP contribution in [0.1, 0.15) is 30.9 Å². The van der Waals surface area contributed by atoms with Crippen molar-refractivity contribution in [3.05, 3.63) is 33.8 Å². The van der Waals surface area contributed by atoms with Crippen molar-refractivity contribution >= 4 is 23.2 Å². The van der Waals surface area contributed by atoms with Gasteiger partial charge in [0.15, 0.2) is 0 Å². The molecule has 1 aromatic rings. The van der Waals surface area contributed by atoms with Crippen LogP contribution in [0.15, 0.2) is 18.2 Å². The average molecular weight is 247 g/mol. The fourth-order valence-electron chi connectivity index (χ4n) is 1.52. The Kier molecular flexibility index (Phi) is 5.40. The monoisotopic (exact) mass is 246 g/mol. The van der Waals surface area contributed by atoms with E-state index in [1.54, 1.807) is 0 Å². The number of halogens is 2. The highest BCUT2D eigenvalue weighted by Crippen LogP contribution is 2.31. The summed E-state index contributed by atoms with van der Waals surface area (Å²) in [6.07, 6.45) is 2.84. The van der Waals surface area contributed by atoms with Gasteiger partial charge in [-0.2, -0.15) is 0 Å². The van der Waals surface area contributed by atoms with Crippen LogP contribution in [0.25, 0.3) is 0 Å². The molecule has 2 nitrogen and oxygen atoms in total. The second-order valence-electron chi connectivity index (χ2n) is 3.53. The molecule has 0 aliphatic carbocycles. The molecule has 0 aromatic heterocycles. The Morgan fingerprint density at radius 2 is 1.73 bits per heavy atom. The third-order valence-corrected chi connectivity index (χ3v) is 3.00. The first-order valence-electron chi connectivity index (χ1n) is 5.06. The summed E-state index contributed by atoms with van der Waals surface area (Å²) >= 11 is 12.1. The summed E-state index contributed by atoms with van der Waals surface area (Å²) in [5.74, 6) is 0. The van der Waals surface area contributed by atoms with E-state index in [4.69, 9.17) is 34.7 Å². The van der Waals surface area contributed by atoms with Gasteiger partial charge < -0.3 is 11.5 Å². The molecule has 0 spiro atoms. The topological polar surface area (TPSA) is 52.0 Å². The Balaban J connectivity index is 2.68. The Morgan fingerprint density at radius 3 is 2.27 bits per heavy atom. The quantitative estimate of drug-likeness (QED) is 0.785. The van der Waals surface area contributed by atoms with E-state index in [9.17, 15) is 0 Å². The highest BCUT2D eigenvalue weighted by Gasteiger charge is 2.13. The predicted molar refractivity (Wildman–Crippen MR) is 66.3 cm³/mol. The standard InChI is InChI=1S/C11H16Cl2N2/c12-8-4-3-5-9(13)11(8)10(15)6-1-2-7-14/h3-5,10H,1-2,6-7,14-15H2/t10-/m1/s1. The van der Waals surface area contributed by atoms with Crippen LogP contribution in [0.2, 0.25) is 10.0 Å². The fraction of sp³-hybridized carbons (Fsp3) is 0.455. The van der Waals surface area contributed by atoms with E-state index in [-0.39, 0.29) is 6.04 Å². The van der Waals surface area contributed by atoms with Crippen molar-refractivity contribution in [3.8, 4) is 0 Å². The van der Waals surface area contributed by atoms with Gasteiger partial charge in [0, 0.05) is 21.7 Å². The van der Waals surface area contributed by atoms with Crippen LogP contribution in [0.3, 0.4) is 0 Å². The van der Waals surface area contributed by atoms with Gasteiger partial charge in [0.05, 0.1) is 0 Å². The lowest BCUT2D eigenvalue weighted by molar-refractivity contribution is 0.591. The fourth-order valence-corrected chi connectivity index (χ4v) is 2.20. The molecular formula is C11H16Cl2N2. The Labute approximate surface area is 101 Å². The van der Waals surface area contributed by atoms with Crippen molar-refractivity contribution in [1.82, 2.24) is 0 Å². The first-order chi connectivity index (χ1) is 7.16. The lowest BCUT2D eigenvalue weighted by Gasteiger charge is -2.14. The lowest BCUT2D eigenvalue weighted by atomic mass is 10.0. The maximum Gasteiger partial charge on any atom is 0.0468 e. The molecule has 0 bridgehead atoms. The first-order valence-corrected chi connectivity index (χ1v) is 5.82. The molecule has 0 radical (unpaired) electrons. The Morgan fingerprint density at radius 1 is 1.13 bits per heavy atom. The van der Waals surface area contributed by atoms with Gasteiger partial charge in [-0.1, -0.05) is 35.7 Å². The summed E-state index contributed by atoms with van der Waals surface area (Å²) in [6.45, 7) is 0.697. The molecule has 1 atom stereocenters. The number of benzene rings is 1. The molecule has 15 heavy (non-hydrogen) atoms. The van der Waals surface area contributed by atoms with Crippen molar-refractivity contribution in [1.29, 1.82) is 0 Å². The van der Waals surface area contributed by atoms with Crippen molar-refractivity contribution in [2.24, 2.45) is 11.5 Å². The summed E-state index contributed by atoms with van der Waals surface area (Å²) in [4.78, 5) is 0. The third kappa shape index (κ3) is 3.65. The molecule has 0 aliphatic rings. The number of nitrogens with two attached hydrogens (primary N) is 2. The van der Waals surface area contributed by atoms with Gasteiger partial charge in [0.2, 0.25) is 0 Å². The summed E-state index contributed by atoms with van der Waals surface area (Å²) in [5.41, 5.74) is 12.3. The van der Waals surface area contributed by atoms with Crippen LogP contribution in [0.4, 0.5) is 0 Å². The van der Waals surface area contributed by atoms with Crippen molar-refractivity contribution < 1.29 is 0 Å². The number of hydrogen-bond acceptors (Lipinski definition) is 2. The summed E-state index contributed by atoms with van der Waals surface area (Å²) in [5, 5.41) is 1.28. The number of unbranched alkanes of at least 4 members (excludes halogenated alkanes) is 1. The highest BCUT2D eigenvalue weighted by atomic mass is 35.5. The molecule has 84 valence electrons. The van der Waals surface area contributed by atoms with Crippen LogP contribution >= 0.6 is 23.2 Å². The van der Waals surface area contributed by atoms with Gasteiger partial charge in [-0.3, -0.25) is 0 Å².